The first-order chi connectivity index (χ1) is 16.9. The van der Waals surface area contributed by atoms with Crippen LogP contribution in [0.15, 0.2) is 36.4 Å². The van der Waals surface area contributed by atoms with Gasteiger partial charge in [0, 0.05) is 43.1 Å². The molecule has 7 nitrogen and oxygen atoms in total. The van der Waals surface area contributed by atoms with Crippen LogP contribution in [0.2, 0.25) is 0 Å². The van der Waals surface area contributed by atoms with Gasteiger partial charge in [-0.05, 0) is 50.5 Å². The second-order valence-electron chi connectivity index (χ2n) is 9.22. The van der Waals surface area contributed by atoms with Gasteiger partial charge in [0.2, 0.25) is 5.91 Å². The Morgan fingerprint density at radius 1 is 1.19 bits per heavy atom. The lowest BCUT2D eigenvalue weighted by Gasteiger charge is -2.38. The fraction of sp³-hybridized carbons (Fsp3) is 0.423. The number of aryl methyl sites for hydroxylation is 1. The quantitative estimate of drug-likeness (QED) is 0.512. The smallest absolute Gasteiger partial charge is 0.416 e. The number of piperidine rings is 1. The number of halogens is 3. The lowest BCUT2D eigenvalue weighted by Crippen LogP contribution is -2.44. The lowest BCUT2D eigenvalue weighted by molar-refractivity contribution is -0.137. The number of nitrogens with one attached hydrogen (secondary N) is 1. The van der Waals surface area contributed by atoms with Crippen LogP contribution < -0.4 is 10.1 Å². The number of carbonyl (C=O) groups is 1. The Balaban J connectivity index is 1.73. The van der Waals surface area contributed by atoms with E-state index in [0.29, 0.717) is 65.4 Å². The van der Waals surface area contributed by atoms with Crippen LogP contribution >= 0.6 is 0 Å². The van der Waals surface area contributed by atoms with E-state index in [1.54, 1.807) is 36.9 Å². The number of carbonyl (C=O) groups excluding carboxylic acids is 1. The number of benzene rings is 2. The fourth-order valence-electron chi connectivity index (χ4n) is 4.65. The minimum atomic E-state index is -4.44. The summed E-state index contributed by atoms with van der Waals surface area (Å²) in [7, 11) is 1.52. The van der Waals surface area contributed by atoms with Gasteiger partial charge in [0.25, 0.3) is 0 Å². The number of alkyl halides is 3. The maximum absolute atomic E-state index is 13.2. The van der Waals surface area contributed by atoms with Crippen LogP contribution in [0, 0.1) is 6.92 Å². The number of rotatable bonds is 5. The van der Waals surface area contributed by atoms with Gasteiger partial charge >= 0.3 is 6.18 Å². The molecule has 3 aromatic rings. The predicted molar refractivity (Wildman–Crippen MR) is 130 cm³/mol. The van der Waals surface area contributed by atoms with Crippen LogP contribution in [0.5, 0.6) is 5.75 Å². The Kier molecular flexibility index (Phi) is 6.83. The third-order valence-electron chi connectivity index (χ3n) is 6.73. The third-order valence-corrected chi connectivity index (χ3v) is 6.73. The van der Waals surface area contributed by atoms with Crippen molar-refractivity contribution in [2.75, 3.05) is 25.5 Å². The number of amides is 1. The van der Waals surface area contributed by atoms with E-state index in [1.807, 2.05) is 0 Å². The summed E-state index contributed by atoms with van der Waals surface area (Å²) in [5.41, 5.74) is -0.350. The van der Waals surface area contributed by atoms with Crippen LogP contribution in [0.1, 0.15) is 55.2 Å². The summed E-state index contributed by atoms with van der Waals surface area (Å²) in [4.78, 5) is 22.5. The number of methoxy groups -OCH3 is 1. The minimum Gasteiger partial charge on any atom is -0.496 e. The summed E-state index contributed by atoms with van der Waals surface area (Å²) < 4.78 is 45.2. The number of hydrogen-bond donors (Lipinski definition) is 2. The minimum absolute atomic E-state index is 0.0403. The molecule has 2 N–H and O–H groups in total. The molecule has 0 bridgehead atoms. The molecule has 0 unspecified atom stereocenters. The molecule has 1 aliphatic rings. The van der Waals surface area contributed by atoms with Crippen molar-refractivity contribution in [3.63, 3.8) is 0 Å². The summed E-state index contributed by atoms with van der Waals surface area (Å²) in [6.07, 6.45) is -3.76. The molecular weight excluding hydrogens is 473 g/mol. The van der Waals surface area contributed by atoms with Crippen LogP contribution in [0.4, 0.5) is 19.0 Å². The number of hydrogen-bond acceptors (Lipinski definition) is 6. The zero-order valence-electron chi connectivity index (χ0n) is 20.6. The highest BCUT2D eigenvalue weighted by Gasteiger charge is 2.37. The van der Waals surface area contributed by atoms with Crippen molar-refractivity contribution in [1.29, 1.82) is 0 Å². The maximum atomic E-state index is 13.2. The largest absolute Gasteiger partial charge is 0.496 e. The Morgan fingerprint density at radius 2 is 1.89 bits per heavy atom. The third kappa shape index (κ3) is 5.09. The molecular formula is C26H29F3N4O3. The first-order valence-corrected chi connectivity index (χ1v) is 11.7. The highest BCUT2D eigenvalue weighted by Crippen LogP contribution is 2.41. The molecule has 0 radical (unpaired) electrons. The van der Waals surface area contributed by atoms with Crippen molar-refractivity contribution in [2.45, 2.75) is 51.4 Å². The first kappa shape index (κ1) is 25.7. The van der Waals surface area contributed by atoms with E-state index in [4.69, 9.17) is 4.74 Å². The molecule has 192 valence electrons. The number of ether oxygens (including phenoxy) is 1. The fourth-order valence-corrected chi connectivity index (χ4v) is 4.65. The number of nitrogens with zero attached hydrogens (tertiary/aromatic N) is 3. The van der Waals surface area contributed by atoms with Crippen LogP contribution in [0.3, 0.4) is 0 Å². The van der Waals surface area contributed by atoms with Gasteiger partial charge in [0.15, 0.2) is 0 Å². The summed E-state index contributed by atoms with van der Waals surface area (Å²) in [5, 5.41) is 15.4. The molecule has 1 amide bonds. The summed E-state index contributed by atoms with van der Waals surface area (Å²) in [6, 6.07) is 8.18. The van der Waals surface area contributed by atoms with Gasteiger partial charge in [0.05, 0.1) is 23.8 Å². The van der Waals surface area contributed by atoms with Crippen molar-refractivity contribution in [3.05, 3.63) is 58.9 Å². The van der Waals surface area contributed by atoms with Gasteiger partial charge < -0.3 is 20.1 Å². The van der Waals surface area contributed by atoms with E-state index in [-0.39, 0.29) is 5.91 Å². The van der Waals surface area contributed by atoms with E-state index in [1.165, 1.54) is 20.1 Å². The van der Waals surface area contributed by atoms with E-state index in [0.717, 1.165) is 12.1 Å². The number of aromatic nitrogens is 2. The Hall–Kier alpha value is -3.40. The van der Waals surface area contributed by atoms with E-state index >= 15 is 0 Å². The molecule has 1 aromatic heterocycles. The topological polar surface area (TPSA) is 87.6 Å². The number of likely N-dealkylation sites (tertiary alicyclic amines) is 1. The molecule has 0 spiro atoms. The SMILES string of the molecule is COc1cc2nc(C)nc(N[C@@H](C)c3cccc(C(F)(F)F)c3)c2cc1C1(O)CCN(C(C)=O)CC1. The highest BCUT2D eigenvalue weighted by atomic mass is 19.4. The number of fused-ring (bicyclic) bond motifs is 1. The Bertz CT molecular complexity index is 1290. The highest BCUT2D eigenvalue weighted by molar-refractivity contribution is 5.91. The van der Waals surface area contributed by atoms with Crippen molar-refractivity contribution < 1.29 is 27.8 Å². The molecule has 0 aliphatic carbocycles. The Labute approximate surface area is 207 Å². The van der Waals surface area contributed by atoms with Gasteiger partial charge in [-0.15, -0.1) is 0 Å². The summed E-state index contributed by atoms with van der Waals surface area (Å²) in [5.74, 6) is 1.35. The molecule has 1 atom stereocenters. The predicted octanol–water partition coefficient (Wildman–Crippen LogP) is 4.97. The van der Waals surface area contributed by atoms with Crippen LogP contribution in [-0.2, 0) is 16.6 Å². The van der Waals surface area contributed by atoms with Crippen molar-refractivity contribution in [2.24, 2.45) is 0 Å². The second kappa shape index (κ2) is 9.57. The van der Waals surface area contributed by atoms with Crippen LogP contribution in [0.25, 0.3) is 10.9 Å². The average molecular weight is 503 g/mol. The van der Waals surface area contributed by atoms with Gasteiger partial charge in [-0.2, -0.15) is 13.2 Å². The van der Waals surface area contributed by atoms with E-state index in [9.17, 15) is 23.1 Å². The molecule has 0 saturated carbocycles. The number of anilines is 1. The van der Waals surface area contributed by atoms with E-state index < -0.39 is 23.4 Å². The lowest BCUT2D eigenvalue weighted by atomic mass is 9.83. The average Bonchev–Trinajstić information content (AvgIpc) is 2.83. The molecule has 4 rings (SSSR count). The molecule has 36 heavy (non-hydrogen) atoms. The molecule has 2 aromatic carbocycles. The van der Waals surface area contributed by atoms with Gasteiger partial charge in [0.1, 0.15) is 17.4 Å². The Morgan fingerprint density at radius 3 is 2.50 bits per heavy atom. The molecule has 10 heteroatoms. The zero-order valence-corrected chi connectivity index (χ0v) is 20.6. The van der Waals surface area contributed by atoms with Crippen molar-refractivity contribution in [3.8, 4) is 5.75 Å². The molecule has 1 fully saturated rings. The molecule has 1 aliphatic heterocycles. The monoisotopic (exact) mass is 502 g/mol. The first-order valence-electron chi connectivity index (χ1n) is 11.7. The number of aliphatic hydroxyl groups is 1. The standard InChI is InChI=1S/C26H29F3N4O3/c1-15(18-6-5-7-19(12-18)26(27,28)29)30-24-20-13-21(23(36-4)14-22(20)31-16(2)32-24)25(35)8-10-33(11-9-25)17(3)34/h5-7,12-15,35H,8-11H2,1-4H3,(H,30,31,32)/t15-/m0/s1. The maximum Gasteiger partial charge on any atom is 0.416 e. The summed E-state index contributed by atoms with van der Waals surface area (Å²) in [6.45, 7) is 5.81. The zero-order chi connectivity index (χ0) is 26.3. The van der Waals surface area contributed by atoms with Gasteiger partial charge in [-0.3, -0.25) is 4.79 Å². The summed E-state index contributed by atoms with van der Waals surface area (Å²) >= 11 is 0. The van der Waals surface area contributed by atoms with Gasteiger partial charge in [-0.25, -0.2) is 9.97 Å². The second-order valence-corrected chi connectivity index (χ2v) is 9.22. The molecule has 1 saturated heterocycles. The molecule has 2 heterocycles. The van der Waals surface area contributed by atoms with Crippen molar-refractivity contribution in [1.82, 2.24) is 14.9 Å². The van der Waals surface area contributed by atoms with Crippen LogP contribution in [-0.4, -0.2) is 46.1 Å². The van der Waals surface area contributed by atoms with E-state index in [2.05, 4.69) is 15.3 Å². The van der Waals surface area contributed by atoms with Gasteiger partial charge in [-0.1, -0.05) is 12.1 Å². The normalized spacial score (nSPS) is 16.6. The van der Waals surface area contributed by atoms with Crippen molar-refractivity contribution >= 4 is 22.6 Å².